The van der Waals surface area contributed by atoms with Crippen molar-refractivity contribution < 1.29 is 18.7 Å². The van der Waals surface area contributed by atoms with Gasteiger partial charge in [0.2, 0.25) is 5.91 Å². The van der Waals surface area contributed by atoms with Crippen LogP contribution in [0.2, 0.25) is 0 Å². The molecular weight excluding hydrogens is 335 g/mol. The summed E-state index contributed by atoms with van der Waals surface area (Å²) in [5.41, 5.74) is 0.395. The van der Waals surface area contributed by atoms with Crippen molar-refractivity contribution in [3.05, 3.63) is 24.0 Å². The van der Waals surface area contributed by atoms with Crippen molar-refractivity contribution in [3.8, 4) is 5.75 Å². The molecular formula is C17H24ClFN2O3. The maximum Gasteiger partial charge on any atom is 0.227 e. The van der Waals surface area contributed by atoms with Crippen LogP contribution in [-0.2, 0) is 9.53 Å². The van der Waals surface area contributed by atoms with Crippen LogP contribution in [0.4, 0.5) is 10.1 Å². The van der Waals surface area contributed by atoms with Gasteiger partial charge >= 0.3 is 0 Å². The Morgan fingerprint density at radius 1 is 1.33 bits per heavy atom. The first-order valence-electron chi connectivity index (χ1n) is 8.28. The number of ether oxygens (including phenoxy) is 2. The van der Waals surface area contributed by atoms with Crippen molar-refractivity contribution in [2.75, 3.05) is 31.6 Å². The predicted molar refractivity (Wildman–Crippen MR) is 92.3 cm³/mol. The largest absolute Gasteiger partial charge is 0.489 e. The molecule has 1 aromatic carbocycles. The van der Waals surface area contributed by atoms with E-state index in [9.17, 15) is 9.18 Å². The average molecular weight is 359 g/mol. The molecule has 1 amide bonds. The number of benzene rings is 1. The van der Waals surface area contributed by atoms with Gasteiger partial charge in [-0.05, 0) is 50.9 Å². The van der Waals surface area contributed by atoms with Crippen LogP contribution in [0, 0.1) is 11.7 Å². The molecule has 24 heavy (non-hydrogen) atoms. The molecule has 1 unspecified atom stereocenters. The maximum absolute atomic E-state index is 13.5. The molecule has 3 rings (SSSR count). The van der Waals surface area contributed by atoms with Gasteiger partial charge in [0.1, 0.15) is 18.2 Å². The average Bonchev–Trinajstić information content (AvgIpc) is 3.08. The van der Waals surface area contributed by atoms with Crippen molar-refractivity contribution in [2.45, 2.75) is 31.8 Å². The number of anilines is 1. The summed E-state index contributed by atoms with van der Waals surface area (Å²) >= 11 is 0. The van der Waals surface area contributed by atoms with Crippen molar-refractivity contribution in [1.82, 2.24) is 5.32 Å². The summed E-state index contributed by atoms with van der Waals surface area (Å²) in [6.07, 6.45) is 3.68. The lowest BCUT2D eigenvalue weighted by molar-refractivity contribution is -0.120. The van der Waals surface area contributed by atoms with Crippen molar-refractivity contribution in [2.24, 2.45) is 5.92 Å². The summed E-state index contributed by atoms with van der Waals surface area (Å²) in [6, 6.07) is 4.21. The summed E-state index contributed by atoms with van der Waals surface area (Å²) in [5, 5.41) is 6.05. The van der Waals surface area contributed by atoms with Crippen molar-refractivity contribution in [3.63, 3.8) is 0 Å². The van der Waals surface area contributed by atoms with E-state index in [-0.39, 0.29) is 30.3 Å². The zero-order valence-electron chi connectivity index (χ0n) is 13.6. The number of piperidine rings is 1. The van der Waals surface area contributed by atoms with Gasteiger partial charge in [0.15, 0.2) is 0 Å². The monoisotopic (exact) mass is 358 g/mol. The quantitative estimate of drug-likeness (QED) is 0.849. The summed E-state index contributed by atoms with van der Waals surface area (Å²) in [5.74, 6) is -0.0103. The topological polar surface area (TPSA) is 59.6 Å². The van der Waals surface area contributed by atoms with Crippen molar-refractivity contribution in [1.29, 1.82) is 0 Å². The Hall–Kier alpha value is -1.37. The van der Waals surface area contributed by atoms with E-state index < -0.39 is 5.82 Å². The fourth-order valence-corrected chi connectivity index (χ4v) is 3.00. The molecule has 0 aromatic heterocycles. The number of halogens is 2. The highest BCUT2D eigenvalue weighted by Gasteiger charge is 2.22. The molecule has 0 spiro atoms. The van der Waals surface area contributed by atoms with Gasteiger partial charge in [0.25, 0.3) is 0 Å². The standard InChI is InChI=1S/C17H23FN2O3.ClH/c18-13-3-4-16(23-11-14-2-1-9-22-14)15(10-13)20-17(21)12-5-7-19-8-6-12;/h3-4,10,12,14,19H,1-2,5-9,11H2,(H,20,21);1H. The second-order valence-electron chi connectivity index (χ2n) is 6.10. The van der Waals surface area contributed by atoms with Gasteiger partial charge in [0.05, 0.1) is 11.8 Å². The first-order chi connectivity index (χ1) is 11.2. The lowest BCUT2D eigenvalue weighted by atomic mass is 9.97. The van der Waals surface area contributed by atoms with Crippen LogP contribution in [0.5, 0.6) is 5.75 Å². The van der Waals surface area contributed by atoms with Crippen LogP contribution in [0.3, 0.4) is 0 Å². The zero-order valence-corrected chi connectivity index (χ0v) is 14.4. The third kappa shape index (κ3) is 5.06. The van der Waals surface area contributed by atoms with Crippen LogP contribution < -0.4 is 15.4 Å². The normalized spacial score (nSPS) is 21.1. The minimum atomic E-state index is -0.393. The van der Waals surface area contributed by atoms with E-state index in [2.05, 4.69) is 10.6 Å². The molecule has 2 saturated heterocycles. The van der Waals surface area contributed by atoms with E-state index in [0.29, 0.717) is 18.0 Å². The molecule has 0 aliphatic carbocycles. The van der Waals surface area contributed by atoms with Gasteiger partial charge in [-0.15, -0.1) is 12.4 Å². The van der Waals surface area contributed by atoms with Gasteiger partial charge in [-0.1, -0.05) is 0 Å². The summed E-state index contributed by atoms with van der Waals surface area (Å²) in [4.78, 5) is 12.3. The smallest absolute Gasteiger partial charge is 0.227 e. The Bertz CT molecular complexity index is 547. The molecule has 0 saturated carbocycles. The Morgan fingerprint density at radius 3 is 2.83 bits per heavy atom. The molecule has 7 heteroatoms. The Kier molecular flexibility index (Phi) is 7.27. The number of rotatable bonds is 5. The minimum absolute atomic E-state index is 0. The minimum Gasteiger partial charge on any atom is -0.489 e. The van der Waals surface area contributed by atoms with Gasteiger partial charge in [-0.25, -0.2) is 4.39 Å². The molecule has 2 N–H and O–H groups in total. The Labute approximate surface area is 147 Å². The number of amides is 1. The number of carbonyl (C=O) groups is 1. The second kappa shape index (κ2) is 9.20. The molecule has 1 atom stereocenters. The molecule has 0 bridgehead atoms. The fourth-order valence-electron chi connectivity index (χ4n) is 3.00. The molecule has 1 aromatic rings. The highest BCUT2D eigenvalue weighted by molar-refractivity contribution is 5.94. The van der Waals surface area contributed by atoms with E-state index >= 15 is 0 Å². The number of carbonyl (C=O) groups excluding carboxylic acids is 1. The molecule has 0 radical (unpaired) electrons. The van der Waals surface area contributed by atoms with Crippen LogP contribution >= 0.6 is 12.4 Å². The summed E-state index contributed by atoms with van der Waals surface area (Å²) in [6.45, 7) is 2.85. The number of nitrogens with one attached hydrogen (secondary N) is 2. The molecule has 2 fully saturated rings. The second-order valence-corrected chi connectivity index (χ2v) is 6.10. The van der Waals surface area contributed by atoms with Gasteiger partial charge in [0, 0.05) is 18.6 Å². The van der Waals surface area contributed by atoms with Crippen molar-refractivity contribution >= 4 is 24.0 Å². The third-order valence-corrected chi connectivity index (χ3v) is 4.36. The van der Waals surface area contributed by atoms with Crippen LogP contribution in [0.1, 0.15) is 25.7 Å². The van der Waals surface area contributed by atoms with Gasteiger partial charge in [-0.2, -0.15) is 0 Å². The summed E-state index contributed by atoms with van der Waals surface area (Å²) in [7, 11) is 0. The van der Waals surface area contributed by atoms with E-state index in [1.54, 1.807) is 6.07 Å². The lowest BCUT2D eigenvalue weighted by Gasteiger charge is -2.22. The van der Waals surface area contributed by atoms with Crippen LogP contribution in [-0.4, -0.2) is 38.3 Å². The van der Waals surface area contributed by atoms with E-state index in [0.717, 1.165) is 45.4 Å². The first kappa shape index (κ1) is 19.0. The first-order valence-corrected chi connectivity index (χ1v) is 8.28. The predicted octanol–water partition coefficient (Wildman–Crippen LogP) is 2.74. The highest BCUT2D eigenvalue weighted by atomic mass is 35.5. The number of hydrogen-bond donors (Lipinski definition) is 2. The molecule has 134 valence electrons. The van der Waals surface area contributed by atoms with E-state index in [1.807, 2.05) is 0 Å². The van der Waals surface area contributed by atoms with Gasteiger partial charge < -0.3 is 20.1 Å². The van der Waals surface area contributed by atoms with Gasteiger partial charge in [-0.3, -0.25) is 4.79 Å². The SMILES string of the molecule is Cl.O=C(Nc1cc(F)ccc1OCC1CCCO1)C1CCNCC1. The fraction of sp³-hybridized carbons (Fsp3) is 0.588. The van der Waals surface area contributed by atoms with E-state index in [4.69, 9.17) is 9.47 Å². The Morgan fingerprint density at radius 2 is 2.12 bits per heavy atom. The highest BCUT2D eigenvalue weighted by Crippen LogP contribution is 2.28. The van der Waals surface area contributed by atoms with E-state index in [1.165, 1.54) is 12.1 Å². The maximum atomic E-state index is 13.5. The number of hydrogen-bond acceptors (Lipinski definition) is 4. The van der Waals surface area contributed by atoms with Crippen LogP contribution in [0.15, 0.2) is 18.2 Å². The zero-order chi connectivity index (χ0) is 16.1. The molecule has 2 aliphatic rings. The molecule has 2 aliphatic heterocycles. The lowest BCUT2D eigenvalue weighted by Crippen LogP contribution is -2.34. The summed E-state index contributed by atoms with van der Waals surface area (Å²) < 4.78 is 24.8. The molecule has 5 nitrogen and oxygen atoms in total. The Balaban J connectivity index is 0.00000208. The molecule has 2 heterocycles. The third-order valence-electron chi connectivity index (χ3n) is 4.36. The van der Waals surface area contributed by atoms with Crippen LogP contribution in [0.25, 0.3) is 0 Å².